The number of rotatable bonds is 4. The first kappa shape index (κ1) is 8.73. The summed E-state index contributed by atoms with van der Waals surface area (Å²) in [5.41, 5.74) is 0. The number of nitrogens with one attached hydrogen (secondary N) is 1. The van der Waals surface area contributed by atoms with E-state index in [1.165, 1.54) is 22.2 Å². The third-order valence-corrected chi connectivity index (χ3v) is 4.04. The molecule has 0 spiro atoms. The lowest BCUT2D eigenvalue weighted by atomic mass is 10.3. The molecule has 0 aliphatic heterocycles. The van der Waals surface area contributed by atoms with Crippen LogP contribution >= 0.6 is 27.3 Å². The molecule has 0 radical (unpaired) electrons. The topological polar surface area (TPSA) is 12.0 Å². The highest BCUT2D eigenvalue weighted by atomic mass is 79.9. The fourth-order valence-corrected chi connectivity index (χ4v) is 2.74. The normalized spacial score (nSPS) is 16.8. The Bertz CT molecular complexity index is 255. The quantitative estimate of drug-likeness (QED) is 0.861. The smallest absolute Gasteiger partial charge is 0.0314 e. The average molecular weight is 246 g/mol. The molecule has 0 aromatic carbocycles. The van der Waals surface area contributed by atoms with Crippen molar-refractivity contribution in [2.45, 2.75) is 25.3 Å². The highest BCUT2D eigenvalue weighted by molar-refractivity contribution is 9.10. The molecule has 0 saturated heterocycles. The van der Waals surface area contributed by atoms with Crippen molar-refractivity contribution in [3.63, 3.8) is 0 Å². The zero-order valence-electron chi connectivity index (χ0n) is 6.85. The van der Waals surface area contributed by atoms with Crippen LogP contribution < -0.4 is 5.32 Å². The molecule has 1 aliphatic carbocycles. The van der Waals surface area contributed by atoms with Gasteiger partial charge in [-0.15, -0.1) is 11.3 Å². The summed E-state index contributed by atoms with van der Waals surface area (Å²) in [6.07, 6.45) is 3.92. The van der Waals surface area contributed by atoms with Gasteiger partial charge in [0.2, 0.25) is 0 Å². The molecule has 2 rings (SSSR count). The first-order valence-corrected chi connectivity index (χ1v) is 5.99. The molecular weight excluding hydrogens is 234 g/mol. The first-order chi connectivity index (χ1) is 5.86. The maximum absolute atomic E-state index is 3.53. The van der Waals surface area contributed by atoms with Gasteiger partial charge in [0.1, 0.15) is 0 Å². The second kappa shape index (κ2) is 3.90. The lowest BCUT2D eigenvalue weighted by Crippen LogP contribution is -2.18. The highest BCUT2D eigenvalue weighted by Crippen LogP contribution is 2.23. The average Bonchev–Trinajstić information content (AvgIpc) is 2.78. The molecule has 0 bridgehead atoms. The molecule has 0 atom stereocenters. The number of halogens is 1. The molecule has 1 fully saturated rings. The van der Waals surface area contributed by atoms with Gasteiger partial charge >= 0.3 is 0 Å². The van der Waals surface area contributed by atoms with E-state index >= 15 is 0 Å². The van der Waals surface area contributed by atoms with Crippen LogP contribution in [-0.2, 0) is 6.42 Å². The summed E-state index contributed by atoms with van der Waals surface area (Å²) in [5, 5.41) is 5.64. The van der Waals surface area contributed by atoms with E-state index in [9.17, 15) is 0 Å². The van der Waals surface area contributed by atoms with Crippen molar-refractivity contribution in [2.24, 2.45) is 0 Å². The van der Waals surface area contributed by atoms with Crippen LogP contribution in [0.4, 0.5) is 0 Å². The van der Waals surface area contributed by atoms with Crippen LogP contribution in [0.5, 0.6) is 0 Å². The van der Waals surface area contributed by atoms with Crippen LogP contribution in [0.15, 0.2) is 15.9 Å². The molecule has 3 heteroatoms. The molecule has 1 N–H and O–H groups in total. The second-order valence-corrected chi connectivity index (χ2v) is 5.03. The molecule has 0 amide bonds. The summed E-state index contributed by atoms with van der Waals surface area (Å²) in [4.78, 5) is 1.46. The van der Waals surface area contributed by atoms with E-state index in [0.29, 0.717) is 0 Å². The summed E-state index contributed by atoms with van der Waals surface area (Å²) >= 11 is 5.37. The van der Waals surface area contributed by atoms with Crippen molar-refractivity contribution in [3.8, 4) is 0 Å². The van der Waals surface area contributed by atoms with E-state index in [2.05, 4.69) is 32.7 Å². The van der Waals surface area contributed by atoms with E-state index in [-0.39, 0.29) is 0 Å². The summed E-state index contributed by atoms with van der Waals surface area (Å²) in [6.45, 7) is 1.13. The zero-order chi connectivity index (χ0) is 8.39. The Morgan fingerprint density at radius 3 is 3.00 bits per heavy atom. The molecule has 0 unspecified atom stereocenters. The number of hydrogen-bond acceptors (Lipinski definition) is 2. The Morgan fingerprint density at radius 2 is 2.42 bits per heavy atom. The lowest BCUT2D eigenvalue weighted by Gasteiger charge is -2.00. The van der Waals surface area contributed by atoms with Gasteiger partial charge in [0.15, 0.2) is 0 Å². The maximum atomic E-state index is 3.53. The van der Waals surface area contributed by atoms with Crippen LogP contribution in [0.2, 0.25) is 0 Å². The van der Waals surface area contributed by atoms with Crippen LogP contribution in [0.25, 0.3) is 0 Å². The van der Waals surface area contributed by atoms with Gasteiger partial charge in [0.05, 0.1) is 0 Å². The van der Waals surface area contributed by atoms with Crippen LogP contribution in [0.3, 0.4) is 0 Å². The molecule has 1 aliphatic rings. The number of thiophene rings is 1. The summed E-state index contributed by atoms with van der Waals surface area (Å²) in [6, 6.07) is 2.96. The predicted molar refractivity (Wildman–Crippen MR) is 56.7 cm³/mol. The fourth-order valence-electron chi connectivity index (χ4n) is 1.18. The van der Waals surface area contributed by atoms with Gasteiger partial charge in [0.25, 0.3) is 0 Å². The molecule has 1 nitrogen and oxygen atoms in total. The van der Waals surface area contributed by atoms with Crippen molar-refractivity contribution < 1.29 is 0 Å². The maximum Gasteiger partial charge on any atom is 0.0314 e. The SMILES string of the molecule is Brc1ccsc1CCNC1CC1. The minimum Gasteiger partial charge on any atom is -0.314 e. The minimum atomic E-state index is 0.837. The Balaban J connectivity index is 1.75. The fraction of sp³-hybridized carbons (Fsp3) is 0.556. The summed E-state index contributed by atoms with van der Waals surface area (Å²) in [5.74, 6) is 0. The summed E-state index contributed by atoms with van der Waals surface area (Å²) in [7, 11) is 0. The molecule has 1 aromatic heterocycles. The van der Waals surface area contributed by atoms with Gasteiger partial charge < -0.3 is 5.32 Å². The van der Waals surface area contributed by atoms with E-state index in [1.54, 1.807) is 0 Å². The Kier molecular flexibility index (Phi) is 2.84. The third kappa shape index (κ3) is 2.31. The number of hydrogen-bond donors (Lipinski definition) is 1. The van der Waals surface area contributed by atoms with Gasteiger partial charge in [-0.25, -0.2) is 0 Å². The predicted octanol–water partition coefficient (Wildman–Crippen LogP) is 2.81. The largest absolute Gasteiger partial charge is 0.314 e. The van der Waals surface area contributed by atoms with E-state index in [0.717, 1.165) is 19.0 Å². The standard InChI is InChI=1S/C9H12BrNS/c10-8-4-6-12-9(8)3-5-11-7-1-2-7/h4,6-7,11H,1-3,5H2. The van der Waals surface area contributed by atoms with E-state index in [1.807, 2.05) is 11.3 Å². The van der Waals surface area contributed by atoms with Gasteiger partial charge in [-0.05, 0) is 46.6 Å². The molecule has 66 valence electrons. The van der Waals surface area contributed by atoms with Crippen molar-refractivity contribution in [3.05, 3.63) is 20.8 Å². The molecular formula is C9H12BrNS. The van der Waals surface area contributed by atoms with Crippen LogP contribution in [0, 0.1) is 0 Å². The van der Waals surface area contributed by atoms with E-state index in [4.69, 9.17) is 0 Å². The van der Waals surface area contributed by atoms with Crippen molar-refractivity contribution in [1.29, 1.82) is 0 Å². The second-order valence-electron chi connectivity index (χ2n) is 3.17. The Hall–Kier alpha value is 0.140. The highest BCUT2D eigenvalue weighted by Gasteiger charge is 2.19. The minimum absolute atomic E-state index is 0.837. The zero-order valence-corrected chi connectivity index (χ0v) is 9.25. The van der Waals surface area contributed by atoms with Crippen molar-refractivity contribution in [1.82, 2.24) is 5.32 Å². The van der Waals surface area contributed by atoms with Gasteiger partial charge in [0, 0.05) is 21.9 Å². The van der Waals surface area contributed by atoms with Crippen molar-refractivity contribution >= 4 is 27.3 Å². The molecule has 1 saturated carbocycles. The monoisotopic (exact) mass is 245 g/mol. The van der Waals surface area contributed by atoms with Gasteiger partial charge in [-0.3, -0.25) is 0 Å². The van der Waals surface area contributed by atoms with Crippen LogP contribution in [0.1, 0.15) is 17.7 Å². The Labute approximate surface area is 85.3 Å². The Morgan fingerprint density at radius 1 is 1.58 bits per heavy atom. The van der Waals surface area contributed by atoms with Gasteiger partial charge in [-0.2, -0.15) is 0 Å². The third-order valence-electron chi connectivity index (χ3n) is 2.05. The first-order valence-electron chi connectivity index (χ1n) is 4.31. The van der Waals surface area contributed by atoms with Gasteiger partial charge in [-0.1, -0.05) is 0 Å². The molecule has 1 heterocycles. The lowest BCUT2D eigenvalue weighted by molar-refractivity contribution is 0.685. The van der Waals surface area contributed by atoms with Crippen LogP contribution in [-0.4, -0.2) is 12.6 Å². The molecule has 12 heavy (non-hydrogen) atoms. The van der Waals surface area contributed by atoms with E-state index < -0.39 is 0 Å². The molecule has 1 aromatic rings. The summed E-state index contributed by atoms with van der Waals surface area (Å²) < 4.78 is 1.27. The van der Waals surface area contributed by atoms with Crippen molar-refractivity contribution in [2.75, 3.05) is 6.54 Å².